The van der Waals surface area contributed by atoms with Crippen LogP contribution >= 0.6 is 0 Å². The highest BCUT2D eigenvalue weighted by Crippen LogP contribution is 2.43. The summed E-state index contributed by atoms with van der Waals surface area (Å²) in [5.74, 6) is 1.31. The van der Waals surface area contributed by atoms with Gasteiger partial charge in [-0.25, -0.2) is 4.98 Å². The molecule has 372 valence electrons. The molecule has 7 N–H and O–H groups in total. The summed E-state index contributed by atoms with van der Waals surface area (Å²) in [6.07, 6.45) is 17.6. The van der Waals surface area contributed by atoms with Gasteiger partial charge in [-0.05, 0) is 112 Å². The Labute approximate surface area is 404 Å². The van der Waals surface area contributed by atoms with Crippen LogP contribution in [0.1, 0.15) is 113 Å². The van der Waals surface area contributed by atoms with Gasteiger partial charge in [0.25, 0.3) is 20.2 Å². The van der Waals surface area contributed by atoms with E-state index < -0.39 is 41.7 Å². The molecule has 0 spiro atoms. The molecule has 1 saturated carbocycles. The first-order chi connectivity index (χ1) is 33.1. The lowest BCUT2D eigenvalue weighted by atomic mass is 9.73. The lowest BCUT2D eigenvalue weighted by molar-refractivity contribution is -0.00865. The lowest BCUT2D eigenvalue weighted by Crippen LogP contribution is -2.39. The van der Waals surface area contributed by atoms with Crippen LogP contribution in [-0.4, -0.2) is 98.6 Å². The number of likely N-dealkylation sites (tertiary alicyclic amines) is 1. The summed E-state index contributed by atoms with van der Waals surface area (Å²) in [4.78, 5) is 20.8. The Kier molecular flexibility index (Phi) is 17.8. The van der Waals surface area contributed by atoms with Crippen molar-refractivity contribution in [1.82, 2.24) is 30.0 Å². The molecule has 1 aliphatic carbocycles. The van der Waals surface area contributed by atoms with Gasteiger partial charge >= 0.3 is 0 Å². The highest BCUT2D eigenvalue weighted by Gasteiger charge is 2.44. The molecule has 1 aliphatic heterocycles. The molecule has 0 radical (unpaired) electrons. The highest BCUT2D eigenvalue weighted by molar-refractivity contribution is 7.86. The van der Waals surface area contributed by atoms with Crippen LogP contribution in [0.4, 0.5) is 0 Å². The fraction of sp³-hybridized carbons (Fsp3) is 0.471. The number of hydrogen-bond acceptors (Lipinski definition) is 12. The number of phenolic OH excluding ortho intramolecular Hbond substituents is 1. The summed E-state index contributed by atoms with van der Waals surface area (Å²) in [5, 5.41) is 41.9. The zero-order valence-corrected chi connectivity index (χ0v) is 40.6. The number of hydrogen-bond donors (Lipinski definition) is 7. The van der Waals surface area contributed by atoms with Crippen LogP contribution in [0.25, 0.3) is 21.7 Å². The zero-order chi connectivity index (χ0) is 49.0. The Hall–Kier alpha value is -5.05. The molecule has 0 bridgehead atoms. The van der Waals surface area contributed by atoms with Crippen molar-refractivity contribution in [3.8, 4) is 5.75 Å². The highest BCUT2D eigenvalue weighted by atomic mass is 32.2. The Morgan fingerprint density at radius 3 is 1.99 bits per heavy atom. The lowest BCUT2D eigenvalue weighted by Gasteiger charge is -2.37. The molecule has 0 amide bonds. The average molecular weight is 987 g/mol. The largest absolute Gasteiger partial charge is 0.506 e. The van der Waals surface area contributed by atoms with E-state index in [0.717, 1.165) is 76.0 Å². The minimum absolute atomic E-state index is 0.00507. The second-order valence-corrected chi connectivity index (χ2v) is 21.4. The maximum absolute atomic E-state index is 12.1. The number of aromatic nitrogens is 4. The number of aliphatic hydroxyl groups is 2. The van der Waals surface area contributed by atoms with E-state index in [9.17, 15) is 36.9 Å². The minimum Gasteiger partial charge on any atom is -0.506 e. The number of phenols is 1. The smallest absolute Gasteiger partial charge is 0.295 e. The molecular weight excluding hydrogens is 921 g/mol. The van der Waals surface area contributed by atoms with Crippen molar-refractivity contribution >= 4 is 41.9 Å². The summed E-state index contributed by atoms with van der Waals surface area (Å²) in [7, 11) is -8.94. The van der Waals surface area contributed by atoms with Gasteiger partial charge in [0.05, 0.1) is 11.6 Å². The molecule has 0 unspecified atom stereocenters. The first kappa shape index (κ1) is 51.8. The van der Waals surface area contributed by atoms with Crippen molar-refractivity contribution in [2.75, 3.05) is 32.7 Å². The van der Waals surface area contributed by atoms with Gasteiger partial charge in [0.2, 0.25) is 5.56 Å². The van der Waals surface area contributed by atoms with E-state index in [1.165, 1.54) is 101 Å². The van der Waals surface area contributed by atoms with E-state index in [-0.39, 0.29) is 28.0 Å². The number of H-pyrrole nitrogens is 1. The number of pyridine rings is 1. The number of aliphatic hydroxyl groups excluding tert-OH is 1. The van der Waals surface area contributed by atoms with Gasteiger partial charge < -0.3 is 30.5 Å². The number of nitrogens with one attached hydrogen (secondary N) is 2. The van der Waals surface area contributed by atoms with E-state index in [1.807, 2.05) is 41.3 Å². The number of rotatable bonds is 20. The fourth-order valence-electron chi connectivity index (χ4n) is 10.0. The first-order valence-electron chi connectivity index (χ1n) is 24.2. The zero-order valence-electron chi connectivity index (χ0n) is 39.0. The maximum Gasteiger partial charge on any atom is 0.295 e. The minimum atomic E-state index is -4.47. The summed E-state index contributed by atoms with van der Waals surface area (Å²) in [6.45, 7) is 5.62. The predicted octanol–water partition coefficient (Wildman–Crippen LogP) is 7.74. The molecule has 2 aliphatic rings. The Balaban J connectivity index is 0.000000327. The van der Waals surface area contributed by atoms with Crippen LogP contribution in [0, 0.1) is 11.8 Å². The van der Waals surface area contributed by atoms with E-state index in [1.54, 1.807) is 12.1 Å². The topological polar surface area (TPSA) is 248 Å². The van der Waals surface area contributed by atoms with Gasteiger partial charge in [0, 0.05) is 35.3 Å². The molecule has 2 fully saturated rings. The molecule has 16 nitrogen and oxygen atoms in total. The van der Waals surface area contributed by atoms with E-state index in [2.05, 4.69) is 15.2 Å². The number of aromatic hydroxyl groups is 1. The van der Waals surface area contributed by atoms with Crippen molar-refractivity contribution in [3.63, 3.8) is 0 Å². The third-order valence-electron chi connectivity index (χ3n) is 13.8. The van der Waals surface area contributed by atoms with Gasteiger partial charge in [-0.2, -0.15) is 21.9 Å². The van der Waals surface area contributed by atoms with Gasteiger partial charge in [-0.3, -0.25) is 18.6 Å². The number of piperidine rings is 1. The quantitative estimate of drug-likeness (QED) is 0.0286. The van der Waals surface area contributed by atoms with E-state index in [4.69, 9.17) is 19.2 Å². The fourth-order valence-corrected chi connectivity index (χ4v) is 11.5. The van der Waals surface area contributed by atoms with Crippen molar-refractivity contribution < 1.29 is 41.3 Å². The Bertz CT molecular complexity index is 2830. The molecule has 8 rings (SSSR count). The van der Waals surface area contributed by atoms with Crippen LogP contribution in [0.5, 0.6) is 5.75 Å². The molecular formula is C51H66N6O10S2. The molecule has 1 saturated heterocycles. The average Bonchev–Trinajstić information content (AvgIpc) is 3.82. The maximum atomic E-state index is 12.1. The second-order valence-electron chi connectivity index (χ2n) is 18.6. The SMILES string of the molecule is O=S(=O)(O)c1cccc2c(S(=O)(=O)O)cccc12.O=c1ccc2c([C@@H](O)CNCCCCCCCCCN3CCC(Cn4cnc([C@](O)(c5ccccc5)C5CCCCC5)n4)CC3)ccc(O)c2[nH]1. The number of nitrogens with zero attached hydrogens (tertiary/aromatic N) is 4. The van der Waals surface area contributed by atoms with Gasteiger partial charge in [0.1, 0.15) is 21.9 Å². The molecule has 6 aromatic rings. The van der Waals surface area contributed by atoms with Crippen molar-refractivity contribution in [3.05, 3.63) is 125 Å². The van der Waals surface area contributed by atoms with E-state index >= 15 is 0 Å². The second kappa shape index (κ2) is 23.7. The van der Waals surface area contributed by atoms with Gasteiger partial charge in [-0.15, -0.1) is 0 Å². The predicted molar refractivity (Wildman–Crippen MR) is 265 cm³/mol. The van der Waals surface area contributed by atoms with Crippen LogP contribution < -0.4 is 10.9 Å². The Morgan fingerprint density at radius 1 is 0.725 bits per heavy atom. The summed E-state index contributed by atoms with van der Waals surface area (Å²) < 4.78 is 64.7. The first-order valence-corrected chi connectivity index (χ1v) is 27.1. The normalized spacial score (nSPS) is 16.8. The van der Waals surface area contributed by atoms with Crippen molar-refractivity contribution in [1.29, 1.82) is 0 Å². The van der Waals surface area contributed by atoms with E-state index in [0.29, 0.717) is 34.8 Å². The van der Waals surface area contributed by atoms with Gasteiger partial charge in [0.15, 0.2) is 11.4 Å². The standard InChI is InChI=1S/C41H58N6O4.C10H8O6S2/c48-36-20-18-34(35-19-21-38(50)44-39(35)36)37(49)28-42-24-12-4-2-1-3-5-13-25-46-26-22-31(23-27-46)29-47-30-43-40(45-47)41(51,32-14-8-6-9-15-32)33-16-10-7-11-17-33;11-17(12,13)9-5-1-3-7-8(9)4-2-6-10(7)18(14,15)16/h6,8-9,14-15,18-21,30-31,33,37,42,48-49,51H,1-5,7,10-13,16-17,22-29H2,(H,44,50);1-6H,(H,11,12,13)(H,14,15,16)/t37-,41-;/m0./s1. The summed E-state index contributed by atoms with van der Waals surface area (Å²) in [6, 6.07) is 23.9. The Morgan fingerprint density at radius 2 is 1.35 bits per heavy atom. The summed E-state index contributed by atoms with van der Waals surface area (Å²) >= 11 is 0. The molecule has 18 heteroatoms. The van der Waals surface area contributed by atoms with Gasteiger partial charge in [-0.1, -0.05) is 112 Å². The number of aromatic amines is 1. The number of fused-ring (bicyclic) bond motifs is 2. The number of unbranched alkanes of at least 4 members (excludes halogenated alkanes) is 6. The molecule has 2 atom stereocenters. The number of benzene rings is 4. The summed E-state index contributed by atoms with van der Waals surface area (Å²) in [5.41, 5.74) is 0.558. The molecule has 3 heterocycles. The monoisotopic (exact) mass is 986 g/mol. The van der Waals surface area contributed by atoms with Crippen LogP contribution in [-0.2, 0) is 32.4 Å². The van der Waals surface area contributed by atoms with Crippen LogP contribution in [0.3, 0.4) is 0 Å². The molecule has 2 aromatic heterocycles. The third kappa shape index (κ3) is 13.4. The molecule has 4 aromatic carbocycles. The molecule has 69 heavy (non-hydrogen) atoms. The van der Waals surface area contributed by atoms with Crippen LogP contribution in [0.2, 0.25) is 0 Å². The third-order valence-corrected chi connectivity index (χ3v) is 15.6. The van der Waals surface area contributed by atoms with Crippen molar-refractivity contribution in [2.45, 2.75) is 118 Å². The van der Waals surface area contributed by atoms with Crippen molar-refractivity contribution in [2.24, 2.45) is 11.8 Å². The van der Waals surface area contributed by atoms with Crippen LogP contribution in [0.15, 0.2) is 112 Å².